The SMILES string of the molecule is O=C(C=C(O)c1coc(Cc2ccc(F)cc2)c1CCc1ccccc1)c1ncn[nH]1. The molecule has 0 amide bonds. The second-order valence-electron chi connectivity index (χ2n) is 7.07. The minimum Gasteiger partial charge on any atom is -0.507 e. The highest BCUT2D eigenvalue weighted by Crippen LogP contribution is 2.27. The van der Waals surface area contributed by atoms with Crippen LogP contribution in [0, 0.1) is 5.82 Å². The highest BCUT2D eigenvalue weighted by Gasteiger charge is 2.19. The lowest BCUT2D eigenvalue weighted by Crippen LogP contribution is -2.02. The van der Waals surface area contributed by atoms with E-state index in [1.165, 1.54) is 24.7 Å². The average molecular weight is 417 g/mol. The minimum atomic E-state index is -0.495. The lowest BCUT2D eigenvalue weighted by atomic mass is 9.97. The molecule has 0 aliphatic heterocycles. The number of aromatic nitrogens is 3. The van der Waals surface area contributed by atoms with Crippen LogP contribution in [-0.2, 0) is 19.3 Å². The van der Waals surface area contributed by atoms with E-state index in [-0.39, 0.29) is 17.4 Å². The fourth-order valence-electron chi connectivity index (χ4n) is 3.36. The van der Waals surface area contributed by atoms with Crippen LogP contribution in [0.15, 0.2) is 77.7 Å². The molecule has 0 radical (unpaired) electrons. The third kappa shape index (κ3) is 4.95. The standard InChI is InChI=1S/C24H20FN3O3/c25-18-9-6-17(7-10-18)12-23-19(11-8-16-4-2-1-3-5-16)20(14-31-23)21(29)13-22(30)24-26-15-27-28-24/h1-7,9-10,13-15,29H,8,11-12H2,(H,26,27,28). The van der Waals surface area contributed by atoms with Gasteiger partial charge in [-0.3, -0.25) is 9.89 Å². The minimum absolute atomic E-state index is 0.0346. The van der Waals surface area contributed by atoms with E-state index in [9.17, 15) is 14.3 Å². The summed E-state index contributed by atoms with van der Waals surface area (Å²) < 4.78 is 19.0. The number of halogens is 1. The fourth-order valence-corrected chi connectivity index (χ4v) is 3.36. The maximum absolute atomic E-state index is 13.3. The molecular formula is C24H20FN3O3. The number of hydrogen-bond acceptors (Lipinski definition) is 5. The number of aliphatic hydroxyl groups excluding tert-OH is 1. The molecule has 0 aliphatic rings. The number of carbonyl (C=O) groups is 1. The third-order valence-electron chi connectivity index (χ3n) is 4.96. The summed E-state index contributed by atoms with van der Waals surface area (Å²) in [6.07, 6.45) is 5.53. The van der Waals surface area contributed by atoms with Gasteiger partial charge in [-0.15, -0.1) is 0 Å². The number of rotatable bonds is 8. The number of nitrogens with zero attached hydrogens (tertiary/aromatic N) is 2. The summed E-state index contributed by atoms with van der Waals surface area (Å²) in [6.45, 7) is 0. The number of aliphatic hydroxyl groups is 1. The molecule has 7 heteroatoms. The van der Waals surface area contributed by atoms with E-state index in [1.807, 2.05) is 30.3 Å². The van der Waals surface area contributed by atoms with Crippen molar-refractivity contribution in [3.8, 4) is 0 Å². The van der Waals surface area contributed by atoms with Gasteiger partial charge < -0.3 is 9.52 Å². The predicted molar refractivity (Wildman–Crippen MR) is 113 cm³/mol. The first-order valence-electron chi connectivity index (χ1n) is 9.78. The van der Waals surface area contributed by atoms with Crippen LogP contribution in [0.3, 0.4) is 0 Å². The summed E-state index contributed by atoms with van der Waals surface area (Å²) in [5.74, 6) is -0.319. The molecule has 156 valence electrons. The number of allylic oxidation sites excluding steroid dienone is 1. The quantitative estimate of drug-likeness (QED) is 0.246. The Morgan fingerprint density at radius 3 is 2.55 bits per heavy atom. The van der Waals surface area contributed by atoms with E-state index in [0.29, 0.717) is 24.2 Å². The van der Waals surface area contributed by atoms with Gasteiger partial charge in [-0.05, 0) is 36.1 Å². The van der Waals surface area contributed by atoms with Gasteiger partial charge in [0.15, 0.2) is 5.82 Å². The van der Waals surface area contributed by atoms with Gasteiger partial charge in [-0.1, -0.05) is 42.5 Å². The number of carbonyl (C=O) groups excluding carboxylic acids is 1. The lowest BCUT2D eigenvalue weighted by molar-refractivity contribution is 0.103. The topological polar surface area (TPSA) is 92.0 Å². The number of benzene rings is 2. The molecule has 4 aromatic rings. The van der Waals surface area contributed by atoms with Crippen molar-refractivity contribution in [1.82, 2.24) is 15.2 Å². The largest absolute Gasteiger partial charge is 0.507 e. The second kappa shape index (κ2) is 9.21. The molecule has 2 heterocycles. The molecule has 0 spiro atoms. The summed E-state index contributed by atoms with van der Waals surface area (Å²) in [6, 6.07) is 16.1. The number of hydrogen-bond donors (Lipinski definition) is 2. The smallest absolute Gasteiger partial charge is 0.226 e. The summed E-state index contributed by atoms with van der Waals surface area (Å²) in [5, 5.41) is 16.8. The van der Waals surface area contributed by atoms with Gasteiger partial charge in [0.1, 0.15) is 29.9 Å². The van der Waals surface area contributed by atoms with Gasteiger partial charge in [0, 0.05) is 18.1 Å². The first-order chi connectivity index (χ1) is 15.1. The van der Waals surface area contributed by atoms with E-state index >= 15 is 0 Å². The maximum atomic E-state index is 13.3. The molecule has 2 aromatic heterocycles. The Balaban J connectivity index is 1.64. The van der Waals surface area contributed by atoms with Crippen LogP contribution in [-0.4, -0.2) is 26.1 Å². The van der Waals surface area contributed by atoms with Crippen LogP contribution < -0.4 is 0 Å². The van der Waals surface area contributed by atoms with Gasteiger partial charge in [-0.25, -0.2) is 9.37 Å². The lowest BCUT2D eigenvalue weighted by Gasteiger charge is -2.07. The number of aromatic amines is 1. The van der Waals surface area contributed by atoms with Gasteiger partial charge in [0.05, 0.1) is 5.56 Å². The normalized spacial score (nSPS) is 11.6. The van der Waals surface area contributed by atoms with Crippen molar-refractivity contribution in [2.24, 2.45) is 0 Å². The van der Waals surface area contributed by atoms with Crippen LogP contribution in [0.25, 0.3) is 5.76 Å². The van der Waals surface area contributed by atoms with Gasteiger partial charge in [0.25, 0.3) is 0 Å². The molecular weight excluding hydrogens is 397 g/mol. The molecule has 0 atom stereocenters. The van der Waals surface area contributed by atoms with E-state index in [4.69, 9.17) is 4.42 Å². The van der Waals surface area contributed by atoms with E-state index in [2.05, 4.69) is 15.2 Å². The second-order valence-corrected chi connectivity index (χ2v) is 7.07. The molecule has 4 rings (SSSR count). The summed E-state index contributed by atoms with van der Waals surface area (Å²) >= 11 is 0. The molecule has 0 bridgehead atoms. The van der Waals surface area contributed by atoms with Crippen LogP contribution in [0.4, 0.5) is 4.39 Å². The van der Waals surface area contributed by atoms with Crippen LogP contribution in [0.2, 0.25) is 0 Å². The zero-order valence-corrected chi connectivity index (χ0v) is 16.6. The Labute approximate surface area is 178 Å². The molecule has 2 N–H and O–H groups in total. The fraction of sp³-hybridized carbons (Fsp3) is 0.125. The summed E-state index contributed by atoms with van der Waals surface area (Å²) in [7, 11) is 0. The number of nitrogens with one attached hydrogen (secondary N) is 1. The molecule has 0 fully saturated rings. The van der Waals surface area contributed by atoms with Crippen molar-refractivity contribution in [2.45, 2.75) is 19.3 Å². The molecule has 0 saturated heterocycles. The Kier molecular flexibility index (Phi) is 6.03. The zero-order valence-electron chi connectivity index (χ0n) is 16.6. The van der Waals surface area contributed by atoms with Gasteiger partial charge in [-0.2, -0.15) is 5.10 Å². The Morgan fingerprint density at radius 2 is 1.84 bits per heavy atom. The highest BCUT2D eigenvalue weighted by molar-refractivity contribution is 6.05. The van der Waals surface area contributed by atoms with Crippen molar-refractivity contribution in [3.63, 3.8) is 0 Å². The monoisotopic (exact) mass is 417 g/mol. The Bertz CT molecular complexity index is 1180. The van der Waals surface area contributed by atoms with E-state index < -0.39 is 5.78 Å². The number of aryl methyl sites for hydroxylation is 1. The molecule has 0 saturated carbocycles. The van der Waals surface area contributed by atoms with Crippen molar-refractivity contribution in [3.05, 3.63) is 113 Å². The van der Waals surface area contributed by atoms with E-state index in [0.717, 1.165) is 29.2 Å². The van der Waals surface area contributed by atoms with Crippen LogP contribution >= 0.6 is 0 Å². The molecule has 2 aromatic carbocycles. The van der Waals surface area contributed by atoms with Crippen molar-refractivity contribution >= 4 is 11.5 Å². The summed E-state index contributed by atoms with van der Waals surface area (Å²) in [4.78, 5) is 16.1. The average Bonchev–Trinajstić information content (AvgIpc) is 3.45. The van der Waals surface area contributed by atoms with Crippen LogP contribution in [0.1, 0.15) is 38.6 Å². The zero-order chi connectivity index (χ0) is 21.6. The van der Waals surface area contributed by atoms with Crippen molar-refractivity contribution < 1.29 is 18.7 Å². The molecule has 31 heavy (non-hydrogen) atoms. The van der Waals surface area contributed by atoms with Crippen LogP contribution in [0.5, 0.6) is 0 Å². The summed E-state index contributed by atoms with van der Waals surface area (Å²) in [5.41, 5.74) is 3.27. The maximum Gasteiger partial charge on any atom is 0.226 e. The molecule has 6 nitrogen and oxygen atoms in total. The third-order valence-corrected chi connectivity index (χ3v) is 4.96. The first-order valence-corrected chi connectivity index (χ1v) is 9.78. The Morgan fingerprint density at radius 1 is 1.06 bits per heavy atom. The predicted octanol–water partition coefficient (Wildman–Crippen LogP) is 4.69. The Hall–Kier alpha value is -4.00. The number of ketones is 1. The van der Waals surface area contributed by atoms with E-state index in [1.54, 1.807) is 12.1 Å². The molecule has 0 unspecified atom stereocenters. The van der Waals surface area contributed by atoms with Crippen molar-refractivity contribution in [2.75, 3.05) is 0 Å². The van der Waals surface area contributed by atoms with Gasteiger partial charge >= 0.3 is 0 Å². The highest BCUT2D eigenvalue weighted by atomic mass is 19.1. The number of furan rings is 1. The van der Waals surface area contributed by atoms with Crippen molar-refractivity contribution in [1.29, 1.82) is 0 Å². The first kappa shape index (κ1) is 20.3. The molecule has 0 aliphatic carbocycles. The number of H-pyrrole nitrogens is 1. The van der Waals surface area contributed by atoms with Gasteiger partial charge in [0.2, 0.25) is 5.78 Å².